The van der Waals surface area contributed by atoms with Gasteiger partial charge in [-0.2, -0.15) is 10.4 Å². The predicted octanol–water partition coefficient (Wildman–Crippen LogP) is 2.29. The number of anilines is 1. The highest BCUT2D eigenvalue weighted by atomic mass is 19.1. The quantitative estimate of drug-likeness (QED) is 0.887. The van der Waals surface area contributed by atoms with Gasteiger partial charge < -0.3 is 10.1 Å². The lowest BCUT2D eigenvalue weighted by molar-refractivity contribution is 0.183. The Balaban J connectivity index is 2.03. The van der Waals surface area contributed by atoms with Crippen LogP contribution in [0.4, 0.5) is 14.5 Å². The second-order valence-electron chi connectivity index (χ2n) is 4.37. The molecule has 7 heteroatoms. The molecule has 0 saturated carbocycles. The molecule has 110 valence electrons. The zero-order chi connectivity index (χ0) is 15.2. The van der Waals surface area contributed by atoms with E-state index in [4.69, 9.17) is 10.00 Å². The maximum Gasteiger partial charge on any atom is 0.132 e. The molecular formula is C14H14F2N4O. The summed E-state index contributed by atoms with van der Waals surface area (Å²) in [4.78, 5) is 0. The number of hydrogen-bond donors (Lipinski definition) is 1. The minimum atomic E-state index is -0.745. The molecule has 1 aromatic heterocycles. The Hall–Kier alpha value is -2.46. The Morgan fingerprint density at radius 2 is 2.10 bits per heavy atom. The third kappa shape index (κ3) is 3.77. The van der Waals surface area contributed by atoms with E-state index in [1.165, 1.54) is 0 Å². The van der Waals surface area contributed by atoms with Crippen molar-refractivity contribution in [2.24, 2.45) is 0 Å². The zero-order valence-electron chi connectivity index (χ0n) is 11.4. The third-order valence-electron chi connectivity index (χ3n) is 2.90. The van der Waals surface area contributed by atoms with Gasteiger partial charge in [0.2, 0.25) is 0 Å². The molecular weight excluding hydrogens is 278 g/mol. The van der Waals surface area contributed by atoms with Crippen LogP contribution in [0.3, 0.4) is 0 Å². The average Bonchev–Trinajstić information content (AvgIpc) is 2.91. The van der Waals surface area contributed by atoms with Crippen LogP contribution in [0.5, 0.6) is 0 Å². The molecule has 0 unspecified atom stereocenters. The molecule has 2 aromatic rings. The number of rotatable bonds is 6. The van der Waals surface area contributed by atoms with Crippen LogP contribution in [0.1, 0.15) is 11.1 Å². The Labute approximate surface area is 120 Å². The molecule has 1 heterocycles. The lowest BCUT2D eigenvalue weighted by atomic mass is 10.1. The summed E-state index contributed by atoms with van der Waals surface area (Å²) in [5.74, 6) is -1.49. The first-order chi connectivity index (χ1) is 10.1. The van der Waals surface area contributed by atoms with E-state index < -0.39 is 11.6 Å². The van der Waals surface area contributed by atoms with Crippen molar-refractivity contribution in [3.8, 4) is 6.07 Å². The van der Waals surface area contributed by atoms with Crippen LogP contribution in [0, 0.1) is 23.0 Å². The molecule has 0 fully saturated rings. The van der Waals surface area contributed by atoms with Gasteiger partial charge in [-0.15, -0.1) is 0 Å². The number of ether oxygens (including phenoxy) is 1. The maximum absolute atomic E-state index is 13.7. The van der Waals surface area contributed by atoms with Gasteiger partial charge in [0.1, 0.15) is 11.6 Å². The predicted molar refractivity (Wildman–Crippen MR) is 72.5 cm³/mol. The molecule has 0 aliphatic heterocycles. The normalized spacial score (nSPS) is 10.4. The Kier molecular flexibility index (Phi) is 4.85. The molecule has 21 heavy (non-hydrogen) atoms. The lowest BCUT2D eigenvalue weighted by Crippen LogP contribution is -2.06. The van der Waals surface area contributed by atoms with Crippen molar-refractivity contribution in [3.63, 3.8) is 0 Å². The molecule has 0 amide bonds. The van der Waals surface area contributed by atoms with Crippen molar-refractivity contribution in [1.82, 2.24) is 9.78 Å². The van der Waals surface area contributed by atoms with Gasteiger partial charge in [0.05, 0.1) is 36.7 Å². The molecule has 0 atom stereocenters. The largest absolute Gasteiger partial charge is 0.383 e. The van der Waals surface area contributed by atoms with Gasteiger partial charge in [0, 0.05) is 25.4 Å². The van der Waals surface area contributed by atoms with Crippen LogP contribution < -0.4 is 5.32 Å². The minimum Gasteiger partial charge on any atom is -0.383 e. The van der Waals surface area contributed by atoms with Crippen LogP contribution in [-0.4, -0.2) is 23.5 Å². The second kappa shape index (κ2) is 6.81. The van der Waals surface area contributed by atoms with Crippen molar-refractivity contribution >= 4 is 5.69 Å². The van der Waals surface area contributed by atoms with Crippen LogP contribution >= 0.6 is 0 Å². The highest BCUT2D eigenvalue weighted by Crippen LogP contribution is 2.17. The Morgan fingerprint density at radius 3 is 2.71 bits per heavy atom. The van der Waals surface area contributed by atoms with Gasteiger partial charge in [-0.3, -0.25) is 4.68 Å². The lowest BCUT2D eigenvalue weighted by Gasteiger charge is -2.07. The fourth-order valence-electron chi connectivity index (χ4n) is 1.79. The van der Waals surface area contributed by atoms with E-state index in [-0.39, 0.29) is 17.7 Å². The monoisotopic (exact) mass is 292 g/mol. The number of aromatic nitrogens is 2. The summed E-state index contributed by atoms with van der Waals surface area (Å²) in [6.45, 7) is 1.09. The molecule has 0 spiro atoms. The van der Waals surface area contributed by atoms with Gasteiger partial charge >= 0.3 is 0 Å². The number of halogens is 2. The van der Waals surface area contributed by atoms with Crippen molar-refractivity contribution in [2.45, 2.75) is 13.1 Å². The van der Waals surface area contributed by atoms with E-state index in [9.17, 15) is 8.78 Å². The number of nitriles is 1. The molecule has 0 radical (unpaired) electrons. The molecule has 5 nitrogen and oxygen atoms in total. The van der Waals surface area contributed by atoms with Crippen molar-refractivity contribution in [3.05, 3.63) is 47.3 Å². The summed E-state index contributed by atoms with van der Waals surface area (Å²) in [7, 11) is 1.60. The van der Waals surface area contributed by atoms with Crippen LogP contribution in [0.2, 0.25) is 0 Å². The number of nitrogens with one attached hydrogen (secondary N) is 1. The van der Waals surface area contributed by atoms with Crippen LogP contribution in [0.25, 0.3) is 0 Å². The molecule has 0 aliphatic rings. The molecule has 1 aromatic carbocycles. The van der Waals surface area contributed by atoms with E-state index in [2.05, 4.69) is 10.4 Å². The van der Waals surface area contributed by atoms with Crippen molar-refractivity contribution in [2.75, 3.05) is 19.0 Å². The maximum atomic E-state index is 13.7. The minimum absolute atomic E-state index is 0.0284. The van der Waals surface area contributed by atoms with Gasteiger partial charge in [-0.25, -0.2) is 8.78 Å². The molecule has 0 bridgehead atoms. The van der Waals surface area contributed by atoms with Crippen LogP contribution in [-0.2, 0) is 17.8 Å². The zero-order valence-corrected chi connectivity index (χ0v) is 11.4. The highest BCUT2D eigenvalue weighted by Gasteiger charge is 2.11. The fraction of sp³-hybridized carbons (Fsp3) is 0.286. The summed E-state index contributed by atoms with van der Waals surface area (Å²) in [6.07, 6.45) is 3.29. The topological polar surface area (TPSA) is 62.9 Å². The van der Waals surface area contributed by atoms with Crippen LogP contribution in [0.15, 0.2) is 24.5 Å². The highest BCUT2D eigenvalue weighted by molar-refractivity contribution is 5.41. The van der Waals surface area contributed by atoms with E-state index in [1.807, 2.05) is 0 Å². The number of hydrogen-bond acceptors (Lipinski definition) is 4. The molecule has 1 N–H and O–H groups in total. The molecule has 0 saturated heterocycles. The van der Waals surface area contributed by atoms with Gasteiger partial charge in [-0.1, -0.05) is 0 Å². The summed E-state index contributed by atoms with van der Waals surface area (Å²) in [6, 6.07) is 3.74. The number of nitrogens with zero attached hydrogens (tertiary/aromatic N) is 3. The van der Waals surface area contributed by atoms with E-state index in [0.717, 1.165) is 12.1 Å². The average molecular weight is 292 g/mol. The Morgan fingerprint density at radius 1 is 1.38 bits per heavy atom. The van der Waals surface area contributed by atoms with E-state index in [0.29, 0.717) is 18.8 Å². The third-order valence-corrected chi connectivity index (χ3v) is 2.90. The molecule has 2 rings (SSSR count). The summed E-state index contributed by atoms with van der Waals surface area (Å²) < 4.78 is 34.0. The van der Waals surface area contributed by atoms with E-state index in [1.54, 1.807) is 30.3 Å². The first-order valence-electron chi connectivity index (χ1n) is 6.27. The first-order valence-corrected chi connectivity index (χ1v) is 6.27. The smallest absolute Gasteiger partial charge is 0.132 e. The van der Waals surface area contributed by atoms with E-state index >= 15 is 0 Å². The fourth-order valence-corrected chi connectivity index (χ4v) is 1.79. The number of methoxy groups -OCH3 is 1. The van der Waals surface area contributed by atoms with Gasteiger partial charge in [0.15, 0.2) is 0 Å². The van der Waals surface area contributed by atoms with Crippen molar-refractivity contribution < 1.29 is 13.5 Å². The molecule has 0 aliphatic carbocycles. The number of benzene rings is 1. The van der Waals surface area contributed by atoms with Gasteiger partial charge in [0.25, 0.3) is 0 Å². The van der Waals surface area contributed by atoms with Gasteiger partial charge in [-0.05, 0) is 12.1 Å². The summed E-state index contributed by atoms with van der Waals surface area (Å²) >= 11 is 0. The summed E-state index contributed by atoms with van der Waals surface area (Å²) in [5, 5.41) is 15.6. The second-order valence-corrected chi connectivity index (χ2v) is 4.37. The SMILES string of the molecule is COCCn1cc(NCc2c(F)cc(C#N)cc2F)cn1. The first kappa shape index (κ1) is 14.9. The van der Waals surface area contributed by atoms with Crippen molar-refractivity contribution in [1.29, 1.82) is 5.26 Å². The standard InChI is InChI=1S/C14H14F2N4O/c1-21-3-2-20-9-11(7-19-20)18-8-12-13(15)4-10(6-17)5-14(12)16/h4-5,7,9,18H,2-3,8H2,1H3. The summed E-state index contributed by atoms with van der Waals surface area (Å²) in [5.41, 5.74) is 0.494. The Bertz CT molecular complexity index is 640.